The Morgan fingerprint density at radius 1 is 0.833 bits per heavy atom. The molecule has 4 aliphatic carbocycles. The highest BCUT2D eigenvalue weighted by Crippen LogP contribution is 2.74. The van der Waals surface area contributed by atoms with Crippen LogP contribution in [0.4, 0.5) is 0 Å². The second kappa shape index (κ2) is 9.59. The maximum Gasteiger partial charge on any atom is 0.173 e. The summed E-state index contributed by atoms with van der Waals surface area (Å²) in [6.07, 6.45) is 10.7. The molecule has 0 N–H and O–H groups in total. The van der Waals surface area contributed by atoms with Crippen molar-refractivity contribution in [2.45, 2.75) is 75.4 Å². The molecular formula is C38H44N2O2. The number of piperidine rings is 1. The standard InChI is InChI=1S/C38H44N2O2/c1-41-32-15-14-28-22-33-37-18-16-29-25-40(24-26-8-4-2-5-9-26)31(17-19-37)34(29)38(37,20-21-39(33)23-27-12-13-27)35(28)36(32)42-30-10-6-3-7-11-30/h2-11,14-15,27,29,31,33-34H,12-13,16-25H2,1H3/t29-,31?,33?,34?,37?,38?/m1/s1. The van der Waals surface area contributed by atoms with E-state index >= 15 is 0 Å². The van der Waals surface area contributed by atoms with Crippen molar-refractivity contribution in [1.82, 2.24) is 9.80 Å². The Bertz CT molecular complexity index is 1470. The molecule has 4 nitrogen and oxygen atoms in total. The van der Waals surface area contributed by atoms with E-state index in [0.717, 1.165) is 42.0 Å². The highest BCUT2D eigenvalue weighted by molar-refractivity contribution is 5.60. The molecule has 9 rings (SSSR count). The van der Waals surface area contributed by atoms with E-state index in [9.17, 15) is 0 Å². The molecular weight excluding hydrogens is 516 g/mol. The van der Waals surface area contributed by atoms with Crippen LogP contribution in [0.3, 0.4) is 0 Å². The van der Waals surface area contributed by atoms with Gasteiger partial charge in [0.05, 0.1) is 7.11 Å². The molecule has 3 aromatic carbocycles. The Hall–Kier alpha value is -2.82. The largest absolute Gasteiger partial charge is 0.493 e. The maximum absolute atomic E-state index is 6.96. The first kappa shape index (κ1) is 25.7. The monoisotopic (exact) mass is 560 g/mol. The molecule has 3 saturated carbocycles. The lowest BCUT2D eigenvalue weighted by molar-refractivity contribution is -0.165. The van der Waals surface area contributed by atoms with Crippen LogP contribution in [0.5, 0.6) is 17.2 Å². The summed E-state index contributed by atoms with van der Waals surface area (Å²) in [6.45, 7) is 4.88. The summed E-state index contributed by atoms with van der Waals surface area (Å²) in [5, 5.41) is 0. The van der Waals surface area contributed by atoms with Crippen LogP contribution < -0.4 is 9.47 Å². The Kier molecular flexibility index (Phi) is 5.86. The minimum Gasteiger partial charge on any atom is -0.493 e. The van der Waals surface area contributed by atoms with E-state index in [1.165, 1.54) is 81.3 Å². The predicted octanol–water partition coefficient (Wildman–Crippen LogP) is 7.46. The maximum atomic E-state index is 6.96. The number of hydrogen-bond acceptors (Lipinski definition) is 4. The molecule has 0 radical (unpaired) electrons. The number of fused-ring (bicyclic) bond motifs is 1. The van der Waals surface area contributed by atoms with Gasteiger partial charge >= 0.3 is 0 Å². The smallest absolute Gasteiger partial charge is 0.173 e. The summed E-state index contributed by atoms with van der Waals surface area (Å²) < 4.78 is 13.1. The van der Waals surface area contributed by atoms with Crippen molar-refractivity contribution in [2.75, 3.05) is 26.7 Å². The fourth-order valence-corrected chi connectivity index (χ4v) is 11.1. The van der Waals surface area contributed by atoms with Crippen LogP contribution >= 0.6 is 0 Å². The van der Waals surface area contributed by atoms with Crippen molar-refractivity contribution in [3.05, 3.63) is 89.5 Å². The van der Waals surface area contributed by atoms with Gasteiger partial charge in [-0.2, -0.15) is 0 Å². The van der Waals surface area contributed by atoms with Gasteiger partial charge in [0.15, 0.2) is 11.5 Å². The topological polar surface area (TPSA) is 24.9 Å². The highest BCUT2D eigenvalue weighted by atomic mass is 16.5. The first-order valence-corrected chi connectivity index (χ1v) is 16.7. The minimum absolute atomic E-state index is 0.140. The summed E-state index contributed by atoms with van der Waals surface area (Å²) in [4.78, 5) is 5.88. The van der Waals surface area contributed by atoms with Crippen molar-refractivity contribution in [1.29, 1.82) is 0 Å². The van der Waals surface area contributed by atoms with Gasteiger partial charge in [0.1, 0.15) is 5.75 Å². The number of nitrogens with zero attached hydrogens (tertiary/aromatic N) is 2. The van der Waals surface area contributed by atoms with Crippen LogP contribution in [-0.4, -0.2) is 48.6 Å². The number of para-hydroxylation sites is 1. The predicted molar refractivity (Wildman–Crippen MR) is 166 cm³/mol. The SMILES string of the molecule is COc1ccc2c(c1Oc1ccccc1)C13CCN(CC4CC4)C(C2)C12CCC1C3[C@H](CC2)CN1Cc1ccccc1. The third kappa shape index (κ3) is 3.61. The molecule has 5 unspecified atom stereocenters. The van der Waals surface area contributed by atoms with Gasteiger partial charge < -0.3 is 9.47 Å². The number of benzene rings is 3. The Morgan fingerprint density at radius 3 is 2.40 bits per heavy atom. The first-order chi connectivity index (χ1) is 20.7. The summed E-state index contributed by atoms with van der Waals surface area (Å²) >= 11 is 0. The van der Waals surface area contributed by atoms with Crippen molar-refractivity contribution in [3.8, 4) is 17.2 Å². The molecule has 218 valence electrons. The fourth-order valence-electron chi connectivity index (χ4n) is 11.1. The second-order valence-electron chi connectivity index (χ2n) is 14.4. The Labute approximate surface area is 251 Å². The van der Waals surface area contributed by atoms with Crippen molar-refractivity contribution < 1.29 is 9.47 Å². The average Bonchev–Trinajstić information content (AvgIpc) is 3.76. The lowest BCUT2D eigenvalue weighted by Gasteiger charge is -2.72. The number of likely N-dealkylation sites (tertiary alicyclic amines) is 2. The number of methoxy groups -OCH3 is 1. The van der Waals surface area contributed by atoms with Crippen molar-refractivity contribution in [3.63, 3.8) is 0 Å². The zero-order valence-corrected chi connectivity index (χ0v) is 25.0. The number of ether oxygens (including phenoxy) is 2. The summed E-state index contributed by atoms with van der Waals surface area (Å²) in [5.74, 6) is 5.20. The van der Waals surface area contributed by atoms with Crippen LogP contribution in [0.1, 0.15) is 61.6 Å². The average molecular weight is 561 g/mol. The molecule has 6 aliphatic rings. The van der Waals surface area contributed by atoms with E-state index in [1.807, 2.05) is 7.11 Å². The molecule has 3 aromatic rings. The molecule has 2 aliphatic heterocycles. The minimum atomic E-state index is 0.140. The summed E-state index contributed by atoms with van der Waals surface area (Å²) in [6, 6.07) is 27.6. The molecule has 0 aromatic heterocycles. The molecule has 2 heterocycles. The molecule has 4 bridgehead atoms. The third-order valence-electron chi connectivity index (χ3n) is 12.7. The van der Waals surface area contributed by atoms with Crippen LogP contribution in [0.25, 0.3) is 0 Å². The van der Waals surface area contributed by atoms with Gasteiger partial charge in [0.2, 0.25) is 0 Å². The van der Waals surface area contributed by atoms with Gasteiger partial charge in [-0.25, -0.2) is 0 Å². The van der Waals surface area contributed by atoms with Crippen molar-refractivity contribution in [2.24, 2.45) is 23.2 Å². The summed E-state index contributed by atoms with van der Waals surface area (Å²) in [7, 11) is 1.82. The van der Waals surface area contributed by atoms with Crippen LogP contribution in [0, 0.1) is 23.2 Å². The lowest BCUT2D eigenvalue weighted by Crippen LogP contribution is -2.74. The Morgan fingerprint density at radius 2 is 1.62 bits per heavy atom. The van der Waals surface area contributed by atoms with E-state index in [2.05, 4.69) is 82.6 Å². The molecule has 42 heavy (non-hydrogen) atoms. The fraction of sp³-hybridized carbons (Fsp3) is 0.526. The molecule has 2 saturated heterocycles. The van der Waals surface area contributed by atoms with Crippen LogP contribution in [-0.2, 0) is 18.4 Å². The number of rotatable bonds is 7. The molecule has 4 heteroatoms. The zero-order chi connectivity index (χ0) is 27.9. The Balaban J connectivity index is 1.22. The second-order valence-corrected chi connectivity index (χ2v) is 14.4. The molecule has 5 fully saturated rings. The highest BCUT2D eigenvalue weighted by Gasteiger charge is 2.73. The quantitative estimate of drug-likeness (QED) is 0.300. The van der Waals surface area contributed by atoms with E-state index in [0.29, 0.717) is 23.4 Å². The van der Waals surface area contributed by atoms with E-state index in [-0.39, 0.29) is 5.41 Å². The molecule has 6 atom stereocenters. The van der Waals surface area contributed by atoms with Gasteiger partial charge in [-0.15, -0.1) is 0 Å². The van der Waals surface area contributed by atoms with E-state index in [1.54, 1.807) is 0 Å². The molecule has 0 spiro atoms. The number of hydrogen-bond donors (Lipinski definition) is 0. The van der Waals surface area contributed by atoms with Crippen LogP contribution in [0.2, 0.25) is 0 Å². The normalized spacial score (nSPS) is 34.9. The first-order valence-electron chi connectivity index (χ1n) is 16.7. The van der Waals surface area contributed by atoms with Gasteiger partial charge in [-0.1, -0.05) is 54.6 Å². The third-order valence-corrected chi connectivity index (χ3v) is 12.7. The van der Waals surface area contributed by atoms with Gasteiger partial charge in [-0.3, -0.25) is 9.80 Å². The van der Waals surface area contributed by atoms with Crippen molar-refractivity contribution >= 4 is 0 Å². The zero-order valence-electron chi connectivity index (χ0n) is 25.0. The van der Waals surface area contributed by atoms with Gasteiger partial charge in [0.25, 0.3) is 0 Å². The molecule has 0 amide bonds. The van der Waals surface area contributed by atoms with Crippen LogP contribution in [0.15, 0.2) is 72.8 Å². The summed E-state index contributed by atoms with van der Waals surface area (Å²) in [5.41, 5.74) is 5.00. The van der Waals surface area contributed by atoms with Gasteiger partial charge in [-0.05, 0) is 110 Å². The lowest BCUT2D eigenvalue weighted by atomic mass is 9.35. The van der Waals surface area contributed by atoms with Gasteiger partial charge in [0, 0.05) is 42.7 Å². The van der Waals surface area contributed by atoms with E-state index < -0.39 is 0 Å². The van der Waals surface area contributed by atoms with E-state index in [4.69, 9.17) is 9.47 Å².